The maximum Gasteiger partial charge on any atom is 0.489 e. The lowest BCUT2D eigenvalue weighted by molar-refractivity contribution is 0.0928. The largest absolute Gasteiger partial charge is 0.489 e. The highest BCUT2D eigenvalue weighted by Crippen LogP contribution is 2.17. The van der Waals surface area contributed by atoms with Crippen molar-refractivity contribution in [3.8, 4) is 0 Å². The molecule has 0 aliphatic heterocycles. The Morgan fingerprint density at radius 2 is 1.83 bits per heavy atom. The topological polar surface area (TPSA) is 69.6 Å². The fourth-order valence-electron chi connectivity index (χ4n) is 2.44. The first-order chi connectivity index (χ1) is 8.68. The highest BCUT2D eigenvalue weighted by Gasteiger charge is 2.22. The smallest absolute Gasteiger partial charge is 0.423 e. The van der Waals surface area contributed by atoms with E-state index in [0.29, 0.717) is 5.56 Å². The average molecular weight is 247 g/mol. The van der Waals surface area contributed by atoms with Crippen LogP contribution in [0.5, 0.6) is 0 Å². The van der Waals surface area contributed by atoms with Gasteiger partial charge in [0.1, 0.15) is 0 Å². The Bertz CT molecular complexity index is 416. The normalized spacial score (nSPS) is 16.3. The Hall–Kier alpha value is -1.33. The summed E-state index contributed by atoms with van der Waals surface area (Å²) in [5.74, 6) is -0.217. The lowest BCUT2D eigenvalue weighted by atomic mass is 9.77. The summed E-state index contributed by atoms with van der Waals surface area (Å²) in [5, 5.41) is 21.4. The van der Waals surface area contributed by atoms with Gasteiger partial charge in [0.05, 0.1) is 0 Å². The van der Waals surface area contributed by atoms with Crippen LogP contribution in [0.2, 0.25) is 0 Å². The van der Waals surface area contributed by atoms with E-state index in [1.54, 1.807) is 24.3 Å². The first kappa shape index (κ1) is 13.1. The highest BCUT2D eigenvalue weighted by molar-refractivity contribution is 6.60. The predicted octanol–water partition coefficient (Wildman–Crippen LogP) is 0.429. The van der Waals surface area contributed by atoms with E-state index in [-0.39, 0.29) is 17.4 Å². The second-order valence-electron chi connectivity index (χ2n) is 4.77. The van der Waals surface area contributed by atoms with Gasteiger partial charge in [0, 0.05) is 11.6 Å². The molecule has 18 heavy (non-hydrogen) atoms. The van der Waals surface area contributed by atoms with Gasteiger partial charge in [0.2, 0.25) is 0 Å². The van der Waals surface area contributed by atoms with Crippen molar-refractivity contribution in [2.24, 2.45) is 0 Å². The molecule has 3 N–H and O–H groups in total. The van der Waals surface area contributed by atoms with Crippen LogP contribution in [0.25, 0.3) is 0 Å². The van der Waals surface area contributed by atoms with E-state index in [0.717, 1.165) is 25.7 Å². The Labute approximate surface area is 107 Å². The van der Waals surface area contributed by atoms with Crippen molar-refractivity contribution < 1.29 is 14.8 Å². The van der Waals surface area contributed by atoms with E-state index in [2.05, 4.69) is 5.32 Å². The fourth-order valence-corrected chi connectivity index (χ4v) is 2.44. The summed E-state index contributed by atoms with van der Waals surface area (Å²) in [6, 6.07) is 6.80. The maximum absolute atomic E-state index is 12.1. The van der Waals surface area contributed by atoms with Crippen LogP contribution < -0.4 is 10.8 Å². The first-order valence-electron chi connectivity index (χ1n) is 6.44. The molecule has 1 amide bonds. The molecule has 2 rings (SSSR count). The van der Waals surface area contributed by atoms with Crippen molar-refractivity contribution in [1.29, 1.82) is 0 Å². The van der Waals surface area contributed by atoms with Crippen LogP contribution in [0, 0.1) is 0 Å². The van der Waals surface area contributed by atoms with E-state index in [1.807, 2.05) is 0 Å². The van der Waals surface area contributed by atoms with Gasteiger partial charge in [-0.05, 0) is 24.4 Å². The Balaban J connectivity index is 2.08. The van der Waals surface area contributed by atoms with Gasteiger partial charge in [-0.2, -0.15) is 0 Å². The zero-order valence-electron chi connectivity index (χ0n) is 10.3. The summed E-state index contributed by atoms with van der Waals surface area (Å²) >= 11 is 0. The molecule has 5 heteroatoms. The Morgan fingerprint density at radius 1 is 1.17 bits per heavy atom. The second-order valence-corrected chi connectivity index (χ2v) is 4.77. The fraction of sp³-hybridized carbons (Fsp3) is 0.462. The van der Waals surface area contributed by atoms with E-state index in [1.165, 1.54) is 6.42 Å². The van der Waals surface area contributed by atoms with Crippen LogP contribution >= 0.6 is 0 Å². The molecule has 0 aromatic heterocycles. The number of rotatable bonds is 3. The molecule has 1 aliphatic carbocycles. The molecule has 1 aromatic carbocycles. The minimum absolute atomic E-state index is 0.217. The number of benzene rings is 1. The van der Waals surface area contributed by atoms with Gasteiger partial charge >= 0.3 is 7.12 Å². The molecule has 1 saturated carbocycles. The molecular weight excluding hydrogens is 229 g/mol. The summed E-state index contributed by atoms with van der Waals surface area (Å²) in [7, 11) is -1.61. The monoisotopic (exact) mass is 247 g/mol. The van der Waals surface area contributed by atoms with Crippen molar-refractivity contribution in [3.05, 3.63) is 29.8 Å². The number of hydrogen-bond acceptors (Lipinski definition) is 3. The van der Waals surface area contributed by atoms with Crippen molar-refractivity contribution in [1.82, 2.24) is 5.32 Å². The summed E-state index contributed by atoms with van der Waals surface area (Å²) in [5.41, 5.74) is 0.601. The Kier molecular flexibility index (Phi) is 4.39. The molecular formula is C13H18BNO3. The van der Waals surface area contributed by atoms with E-state index >= 15 is 0 Å². The number of carbonyl (C=O) groups excluding carboxylic acids is 1. The van der Waals surface area contributed by atoms with Crippen LogP contribution in [0.15, 0.2) is 24.3 Å². The van der Waals surface area contributed by atoms with Gasteiger partial charge in [-0.1, -0.05) is 37.5 Å². The van der Waals surface area contributed by atoms with Crippen molar-refractivity contribution >= 4 is 18.5 Å². The number of nitrogens with one attached hydrogen (secondary N) is 1. The molecule has 0 saturated heterocycles. The van der Waals surface area contributed by atoms with Crippen molar-refractivity contribution in [2.75, 3.05) is 0 Å². The minimum atomic E-state index is -1.61. The summed E-state index contributed by atoms with van der Waals surface area (Å²) in [6.07, 6.45) is 5.55. The van der Waals surface area contributed by atoms with Gasteiger partial charge in [-0.15, -0.1) is 0 Å². The van der Waals surface area contributed by atoms with Crippen molar-refractivity contribution in [2.45, 2.75) is 38.1 Å². The van der Waals surface area contributed by atoms with E-state index in [4.69, 9.17) is 0 Å². The van der Waals surface area contributed by atoms with Gasteiger partial charge < -0.3 is 15.4 Å². The number of carbonyl (C=O) groups is 1. The molecule has 4 nitrogen and oxygen atoms in total. The predicted molar refractivity (Wildman–Crippen MR) is 70.6 cm³/mol. The lowest BCUT2D eigenvalue weighted by Gasteiger charge is -2.23. The number of hydrogen-bond donors (Lipinski definition) is 3. The zero-order chi connectivity index (χ0) is 13.0. The third-order valence-electron chi connectivity index (χ3n) is 3.42. The molecule has 0 bridgehead atoms. The molecule has 1 aliphatic rings. The van der Waals surface area contributed by atoms with Crippen LogP contribution in [0.4, 0.5) is 0 Å². The second kappa shape index (κ2) is 6.02. The zero-order valence-corrected chi connectivity index (χ0v) is 10.3. The van der Waals surface area contributed by atoms with Crippen molar-refractivity contribution in [3.63, 3.8) is 0 Å². The SMILES string of the molecule is O=C(NC1CCCCC1)c1ccccc1B(O)O. The molecule has 0 unspecified atom stereocenters. The van der Waals surface area contributed by atoms with E-state index < -0.39 is 7.12 Å². The van der Waals surface area contributed by atoms with Crippen LogP contribution in [-0.4, -0.2) is 29.1 Å². The molecule has 1 aromatic rings. The summed E-state index contributed by atoms with van der Waals surface area (Å²) in [6.45, 7) is 0. The van der Waals surface area contributed by atoms with Crippen LogP contribution in [0.1, 0.15) is 42.5 Å². The average Bonchev–Trinajstić information content (AvgIpc) is 2.40. The van der Waals surface area contributed by atoms with Crippen LogP contribution in [0.3, 0.4) is 0 Å². The third kappa shape index (κ3) is 3.12. The standard InChI is InChI=1S/C13H18BNO3/c16-13(15-10-6-2-1-3-7-10)11-8-4-5-9-12(11)14(17)18/h4-5,8-10,17-18H,1-3,6-7H2,(H,15,16). The number of amides is 1. The lowest BCUT2D eigenvalue weighted by Crippen LogP contribution is -2.42. The molecule has 0 spiro atoms. The summed E-state index contributed by atoms with van der Waals surface area (Å²) in [4.78, 5) is 12.1. The van der Waals surface area contributed by atoms with Gasteiger partial charge in [-0.3, -0.25) is 4.79 Å². The van der Waals surface area contributed by atoms with Gasteiger partial charge in [0.15, 0.2) is 0 Å². The maximum atomic E-state index is 12.1. The molecule has 96 valence electrons. The van der Waals surface area contributed by atoms with E-state index in [9.17, 15) is 14.8 Å². The van der Waals surface area contributed by atoms with Crippen LogP contribution in [-0.2, 0) is 0 Å². The molecule has 0 radical (unpaired) electrons. The highest BCUT2D eigenvalue weighted by atomic mass is 16.4. The quantitative estimate of drug-likeness (QED) is 0.678. The Morgan fingerprint density at radius 3 is 2.50 bits per heavy atom. The van der Waals surface area contributed by atoms with Gasteiger partial charge in [-0.25, -0.2) is 0 Å². The third-order valence-corrected chi connectivity index (χ3v) is 3.42. The minimum Gasteiger partial charge on any atom is -0.423 e. The first-order valence-corrected chi connectivity index (χ1v) is 6.44. The molecule has 0 atom stereocenters. The van der Waals surface area contributed by atoms with Gasteiger partial charge in [0.25, 0.3) is 5.91 Å². The summed E-state index contributed by atoms with van der Waals surface area (Å²) < 4.78 is 0. The molecule has 1 fully saturated rings. The molecule has 0 heterocycles.